The minimum Gasteiger partial charge on any atom is -0.383 e. The molecule has 0 bridgehead atoms. The van der Waals surface area contributed by atoms with Crippen LogP contribution >= 0.6 is 11.6 Å². The van der Waals surface area contributed by atoms with E-state index in [0.29, 0.717) is 18.6 Å². The topological polar surface area (TPSA) is 21.3 Å². The van der Waals surface area contributed by atoms with Crippen molar-refractivity contribution >= 4 is 17.3 Å². The first-order valence-electron chi connectivity index (χ1n) is 5.56. The molecule has 1 rings (SSSR count). The number of nitrogens with one attached hydrogen (secondary N) is 1. The van der Waals surface area contributed by atoms with Gasteiger partial charge in [0, 0.05) is 17.8 Å². The van der Waals surface area contributed by atoms with E-state index in [-0.39, 0.29) is 0 Å². The van der Waals surface area contributed by atoms with Crippen molar-refractivity contribution in [3.05, 3.63) is 28.8 Å². The van der Waals surface area contributed by atoms with E-state index in [2.05, 4.69) is 26.1 Å². The van der Waals surface area contributed by atoms with Crippen LogP contribution in [-0.4, -0.2) is 19.8 Å². The number of hydrogen-bond acceptors (Lipinski definition) is 2. The molecule has 0 saturated carbocycles. The molecule has 0 radical (unpaired) electrons. The minimum absolute atomic E-state index is 0.324. The standard InChI is InChI=1S/C13H20ClNO/c1-9(2)13(8-16-4)15-12-6-5-11(14)7-10(12)3/h5-7,9,13,15H,8H2,1-4H3. The van der Waals surface area contributed by atoms with Crippen molar-refractivity contribution in [2.45, 2.75) is 26.8 Å². The Morgan fingerprint density at radius 1 is 1.38 bits per heavy atom. The lowest BCUT2D eigenvalue weighted by atomic mass is 10.0. The van der Waals surface area contributed by atoms with Gasteiger partial charge in [0.25, 0.3) is 0 Å². The summed E-state index contributed by atoms with van der Waals surface area (Å²) in [7, 11) is 1.73. The number of halogens is 1. The van der Waals surface area contributed by atoms with E-state index < -0.39 is 0 Å². The first-order valence-corrected chi connectivity index (χ1v) is 5.94. The van der Waals surface area contributed by atoms with Crippen LogP contribution in [0.5, 0.6) is 0 Å². The highest BCUT2D eigenvalue weighted by Gasteiger charge is 2.13. The second-order valence-corrected chi connectivity index (χ2v) is 4.85. The van der Waals surface area contributed by atoms with Gasteiger partial charge < -0.3 is 10.1 Å². The minimum atomic E-state index is 0.324. The predicted octanol–water partition coefficient (Wildman–Crippen LogP) is 3.73. The number of rotatable bonds is 5. The number of ether oxygens (including phenoxy) is 1. The lowest BCUT2D eigenvalue weighted by Crippen LogP contribution is -2.30. The van der Waals surface area contributed by atoms with Crippen LogP contribution in [0.1, 0.15) is 19.4 Å². The van der Waals surface area contributed by atoms with Gasteiger partial charge >= 0.3 is 0 Å². The van der Waals surface area contributed by atoms with E-state index >= 15 is 0 Å². The monoisotopic (exact) mass is 241 g/mol. The Morgan fingerprint density at radius 2 is 2.06 bits per heavy atom. The molecule has 1 unspecified atom stereocenters. The van der Waals surface area contributed by atoms with Crippen molar-refractivity contribution in [1.29, 1.82) is 0 Å². The quantitative estimate of drug-likeness (QED) is 0.848. The highest BCUT2D eigenvalue weighted by atomic mass is 35.5. The average Bonchev–Trinajstić information content (AvgIpc) is 2.20. The van der Waals surface area contributed by atoms with Crippen LogP contribution in [0.25, 0.3) is 0 Å². The summed E-state index contributed by atoms with van der Waals surface area (Å²) in [4.78, 5) is 0. The Hall–Kier alpha value is -0.730. The number of methoxy groups -OCH3 is 1. The summed E-state index contributed by atoms with van der Waals surface area (Å²) < 4.78 is 5.21. The lowest BCUT2D eigenvalue weighted by Gasteiger charge is -2.23. The molecule has 90 valence electrons. The van der Waals surface area contributed by atoms with E-state index in [1.165, 1.54) is 0 Å². The molecule has 0 aliphatic rings. The molecule has 0 aromatic heterocycles. The summed E-state index contributed by atoms with van der Waals surface area (Å²) in [6.45, 7) is 7.13. The largest absolute Gasteiger partial charge is 0.383 e. The van der Waals surface area contributed by atoms with Gasteiger partial charge in [0.05, 0.1) is 12.6 Å². The fourth-order valence-electron chi connectivity index (χ4n) is 1.57. The second kappa shape index (κ2) is 6.12. The van der Waals surface area contributed by atoms with Gasteiger partial charge in [-0.3, -0.25) is 0 Å². The van der Waals surface area contributed by atoms with E-state index in [0.717, 1.165) is 16.3 Å². The molecule has 0 saturated heterocycles. The summed E-state index contributed by atoms with van der Waals surface area (Å²) in [5.74, 6) is 0.523. The van der Waals surface area contributed by atoms with Crippen molar-refractivity contribution in [3.8, 4) is 0 Å². The zero-order valence-electron chi connectivity index (χ0n) is 10.4. The van der Waals surface area contributed by atoms with Gasteiger partial charge in [-0.1, -0.05) is 25.4 Å². The molecule has 1 aromatic carbocycles. The maximum absolute atomic E-state index is 5.92. The summed E-state index contributed by atoms with van der Waals surface area (Å²) in [6.07, 6.45) is 0. The van der Waals surface area contributed by atoms with Crippen LogP contribution in [0, 0.1) is 12.8 Å². The third-order valence-electron chi connectivity index (χ3n) is 2.68. The Balaban J connectivity index is 2.77. The third-order valence-corrected chi connectivity index (χ3v) is 2.92. The number of hydrogen-bond donors (Lipinski definition) is 1. The smallest absolute Gasteiger partial charge is 0.0666 e. The van der Waals surface area contributed by atoms with E-state index in [1.54, 1.807) is 7.11 Å². The average molecular weight is 242 g/mol. The summed E-state index contributed by atoms with van der Waals surface area (Å²) >= 11 is 5.92. The SMILES string of the molecule is COCC(Nc1ccc(Cl)cc1C)C(C)C. The zero-order chi connectivity index (χ0) is 12.1. The Kier molecular flexibility index (Phi) is 5.10. The molecule has 1 aromatic rings. The van der Waals surface area contributed by atoms with Crippen molar-refractivity contribution in [1.82, 2.24) is 0 Å². The highest BCUT2D eigenvalue weighted by Crippen LogP contribution is 2.21. The second-order valence-electron chi connectivity index (χ2n) is 4.41. The van der Waals surface area contributed by atoms with Gasteiger partial charge in [0.1, 0.15) is 0 Å². The van der Waals surface area contributed by atoms with Crippen LogP contribution in [0.15, 0.2) is 18.2 Å². The van der Waals surface area contributed by atoms with Gasteiger partial charge in [-0.2, -0.15) is 0 Å². The van der Waals surface area contributed by atoms with Crippen molar-refractivity contribution in [3.63, 3.8) is 0 Å². The molecule has 0 spiro atoms. The van der Waals surface area contributed by atoms with Gasteiger partial charge in [0.15, 0.2) is 0 Å². The van der Waals surface area contributed by atoms with Gasteiger partial charge in [-0.15, -0.1) is 0 Å². The molecule has 3 heteroatoms. The molecule has 16 heavy (non-hydrogen) atoms. The molecule has 2 nitrogen and oxygen atoms in total. The van der Waals surface area contributed by atoms with Crippen LogP contribution in [0.3, 0.4) is 0 Å². The van der Waals surface area contributed by atoms with Crippen LogP contribution < -0.4 is 5.32 Å². The Labute approximate surface area is 103 Å². The Morgan fingerprint density at radius 3 is 2.56 bits per heavy atom. The van der Waals surface area contributed by atoms with E-state index in [4.69, 9.17) is 16.3 Å². The number of benzene rings is 1. The maximum atomic E-state index is 5.92. The summed E-state index contributed by atoms with van der Waals surface area (Å²) in [5, 5.41) is 4.27. The number of anilines is 1. The fraction of sp³-hybridized carbons (Fsp3) is 0.538. The predicted molar refractivity (Wildman–Crippen MR) is 70.3 cm³/mol. The fourth-order valence-corrected chi connectivity index (χ4v) is 1.80. The highest BCUT2D eigenvalue weighted by molar-refractivity contribution is 6.30. The van der Waals surface area contributed by atoms with Crippen LogP contribution in [0.2, 0.25) is 5.02 Å². The normalized spacial score (nSPS) is 12.9. The van der Waals surface area contributed by atoms with Crippen molar-refractivity contribution in [2.24, 2.45) is 5.92 Å². The molecule has 0 aliphatic heterocycles. The van der Waals surface area contributed by atoms with E-state index in [1.807, 2.05) is 18.2 Å². The van der Waals surface area contributed by atoms with Gasteiger partial charge in [-0.25, -0.2) is 0 Å². The molecule has 1 atom stereocenters. The summed E-state index contributed by atoms with van der Waals surface area (Å²) in [5.41, 5.74) is 2.29. The van der Waals surface area contributed by atoms with Crippen LogP contribution in [0.4, 0.5) is 5.69 Å². The molecule has 0 heterocycles. The Bertz CT molecular complexity index is 339. The third kappa shape index (κ3) is 3.69. The molecular formula is C13H20ClNO. The van der Waals surface area contributed by atoms with Gasteiger partial charge in [0.2, 0.25) is 0 Å². The summed E-state index contributed by atoms with van der Waals surface area (Å²) in [6, 6.07) is 6.21. The number of aryl methyl sites for hydroxylation is 1. The maximum Gasteiger partial charge on any atom is 0.0666 e. The molecule has 0 amide bonds. The zero-order valence-corrected chi connectivity index (χ0v) is 11.1. The molecular weight excluding hydrogens is 222 g/mol. The first-order chi connectivity index (χ1) is 7.54. The van der Waals surface area contributed by atoms with Crippen molar-refractivity contribution in [2.75, 3.05) is 19.0 Å². The molecule has 0 fully saturated rings. The lowest BCUT2D eigenvalue weighted by molar-refractivity contribution is 0.171. The first kappa shape index (κ1) is 13.3. The van der Waals surface area contributed by atoms with Gasteiger partial charge in [-0.05, 0) is 36.6 Å². The molecule has 0 aliphatic carbocycles. The van der Waals surface area contributed by atoms with Crippen LogP contribution in [-0.2, 0) is 4.74 Å². The van der Waals surface area contributed by atoms with E-state index in [9.17, 15) is 0 Å². The molecule has 1 N–H and O–H groups in total. The van der Waals surface area contributed by atoms with Crippen molar-refractivity contribution < 1.29 is 4.74 Å².